The average molecular weight is 394 g/mol. The Morgan fingerprint density at radius 3 is 2.41 bits per heavy atom. The van der Waals surface area contributed by atoms with Gasteiger partial charge in [0.25, 0.3) is 17.7 Å². The van der Waals surface area contributed by atoms with E-state index in [2.05, 4.69) is 0 Å². The van der Waals surface area contributed by atoms with Gasteiger partial charge in [0.05, 0.1) is 17.7 Å². The Bertz CT molecular complexity index is 895. The summed E-state index contributed by atoms with van der Waals surface area (Å²) in [6.45, 7) is 3.00. The van der Waals surface area contributed by atoms with Gasteiger partial charge in [-0.05, 0) is 36.6 Å². The van der Waals surface area contributed by atoms with Crippen LogP contribution in [-0.4, -0.2) is 58.9 Å². The van der Waals surface area contributed by atoms with Crippen molar-refractivity contribution in [1.29, 1.82) is 0 Å². The molecule has 29 heavy (non-hydrogen) atoms. The van der Waals surface area contributed by atoms with E-state index in [4.69, 9.17) is 0 Å². The number of fused-ring (bicyclic) bond motifs is 1. The Labute approximate surface area is 170 Å². The van der Waals surface area contributed by atoms with Crippen LogP contribution in [0.4, 0.5) is 0 Å². The van der Waals surface area contributed by atoms with Gasteiger partial charge in [0.15, 0.2) is 0 Å². The van der Waals surface area contributed by atoms with Crippen molar-refractivity contribution in [3.63, 3.8) is 0 Å². The molecule has 0 atom stereocenters. The van der Waals surface area contributed by atoms with Gasteiger partial charge in [0.2, 0.25) is 0 Å². The largest absolute Gasteiger partial charge is 0.395 e. The molecule has 3 rings (SSSR count). The zero-order chi connectivity index (χ0) is 20.8. The van der Waals surface area contributed by atoms with E-state index >= 15 is 0 Å². The Morgan fingerprint density at radius 1 is 1.00 bits per heavy atom. The second-order valence-corrected chi connectivity index (χ2v) is 7.13. The van der Waals surface area contributed by atoms with Crippen LogP contribution in [-0.2, 0) is 6.42 Å². The third-order valence-electron chi connectivity index (χ3n) is 5.12. The number of hydrogen-bond acceptors (Lipinski definition) is 4. The molecule has 2 aromatic carbocycles. The summed E-state index contributed by atoms with van der Waals surface area (Å²) in [4.78, 5) is 41.1. The van der Waals surface area contributed by atoms with Gasteiger partial charge in [-0.15, -0.1) is 0 Å². The molecule has 0 radical (unpaired) electrons. The number of benzene rings is 2. The van der Waals surface area contributed by atoms with Gasteiger partial charge in [-0.25, -0.2) is 0 Å². The van der Waals surface area contributed by atoms with E-state index in [1.165, 1.54) is 11.0 Å². The first-order chi connectivity index (χ1) is 14.1. The first-order valence-corrected chi connectivity index (χ1v) is 10.0. The highest BCUT2D eigenvalue weighted by Gasteiger charge is 2.35. The molecule has 152 valence electrons. The van der Waals surface area contributed by atoms with E-state index in [1.54, 1.807) is 17.0 Å². The number of hydrogen-bond donors (Lipinski definition) is 1. The predicted molar refractivity (Wildman–Crippen MR) is 110 cm³/mol. The molecule has 1 N–H and O–H groups in total. The lowest BCUT2D eigenvalue weighted by Gasteiger charge is -2.21. The Hall–Kier alpha value is -2.99. The van der Waals surface area contributed by atoms with Crippen molar-refractivity contribution in [2.45, 2.75) is 26.2 Å². The number of unbranched alkanes of at least 4 members (excludes halogenated alkanes) is 1. The molecule has 1 aliphatic heterocycles. The molecular formula is C23H26N2O4. The summed E-state index contributed by atoms with van der Waals surface area (Å²) < 4.78 is 0. The monoisotopic (exact) mass is 394 g/mol. The lowest BCUT2D eigenvalue weighted by atomic mass is 10.0. The van der Waals surface area contributed by atoms with Gasteiger partial charge in [-0.2, -0.15) is 0 Å². The summed E-state index contributed by atoms with van der Waals surface area (Å²) >= 11 is 0. The number of carbonyl (C=O) groups excluding carboxylic acids is 3. The Kier molecular flexibility index (Phi) is 6.77. The molecule has 0 fully saturated rings. The molecule has 6 nitrogen and oxygen atoms in total. The maximum atomic E-state index is 12.8. The molecule has 0 spiro atoms. The normalized spacial score (nSPS) is 13.0. The minimum absolute atomic E-state index is 0.120. The highest BCUT2D eigenvalue weighted by atomic mass is 16.3. The van der Waals surface area contributed by atoms with Crippen LogP contribution in [0, 0.1) is 0 Å². The molecule has 1 aliphatic rings. The van der Waals surface area contributed by atoms with Crippen molar-refractivity contribution in [2.75, 3.05) is 26.2 Å². The van der Waals surface area contributed by atoms with Gasteiger partial charge in [-0.1, -0.05) is 43.7 Å². The van der Waals surface area contributed by atoms with E-state index in [0.717, 1.165) is 18.4 Å². The summed E-state index contributed by atoms with van der Waals surface area (Å²) in [7, 11) is 0. The van der Waals surface area contributed by atoms with Crippen LogP contribution in [0.3, 0.4) is 0 Å². The van der Waals surface area contributed by atoms with Crippen molar-refractivity contribution in [1.82, 2.24) is 9.80 Å². The molecule has 0 unspecified atom stereocenters. The summed E-state index contributed by atoms with van der Waals surface area (Å²) in [6.07, 6.45) is 2.35. The summed E-state index contributed by atoms with van der Waals surface area (Å²) in [6, 6.07) is 14.3. The standard InChI is InChI=1S/C23H26N2O4/c1-2-3-12-24(14-15-26)21(27)18-9-10-19-20(16-18)23(29)25(22(19)28)13-11-17-7-5-4-6-8-17/h4-10,16,26H,2-3,11-15H2,1H3. The molecule has 0 aliphatic carbocycles. The number of aliphatic hydroxyl groups excluding tert-OH is 1. The second-order valence-electron chi connectivity index (χ2n) is 7.13. The lowest BCUT2D eigenvalue weighted by Crippen LogP contribution is -2.34. The van der Waals surface area contributed by atoms with Crippen LogP contribution in [0.15, 0.2) is 48.5 Å². The molecule has 2 aromatic rings. The molecule has 1 heterocycles. The van der Waals surface area contributed by atoms with Gasteiger partial charge in [0.1, 0.15) is 0 Å². The van der Waals surface area contributed by atoms with Crippen LogP contribution < -0.4 is 0 Å². The minimum atomic E-state index is -0.363. The molecule has 3 amide bonds. The van der Waals surface area contributed by atoms with E-state index in [1.807, 2.05) is 37.3 Å². The smallest absolute Gasteiger partial charge is 0.261 e. The average Bonchev–Trinajstić information content (AvgIpc) is 2.99. The van der Waals surface area contributed by atoms with Crippen molar-refractivity contribution >= 4 is 17.7 Å². The highest BCUT2D eigenvalue weighted by Crippen LogP contribution is 2.25. The quantitative estimate of drug-likeness (QED) is 0.664. The van der Waals surface area contributed by atoms with E-state index < -0.39 is 0 Å². The van der Waals surface area contributed by atoms with Crippen molar-refractivity contribution in [3.8, 4) is 0 Å². The number of nitrogens with zero attached hydrogens (tertiary/aromatic N) is 2. The fourth-order valence-electron chi connectivity index (χ4n) is 3.48. The third-order valence-corrected chi connectivity index (χ3v) is 5.12. The first kappa shape index (κ1) is 20.7. The number of aliphatic hydroxyl groups is 1. The number of rotatable bonds is 9. The second kappa shape index (κ2) is 9.47. The van der Waals surface area contributed by atoms with Gasteiger partial charge in [-0.3, -0.25) is 19.3 Å². The van der Waals surface area contributed by atoms with Gasteiger partial charge < -0.3 is 10.0 Å². The van der Waals surface area contributed by atoms with Crippen LogP contribution >= 0.6 is 0 Å². The Balaban J connectivity index is 1.76. The highest BCUT2D eigenvalue weighted by molar-refractivity contribution is 6.22. The molecule has 6 heteroatoms. The van der Waals surface area contributed by atoms with Crippen molar-refractivity contribution < 1.29 is 19.5 Å². The number of amides is 3. The minimum Gasteiger partial charge on any atom is -0.395 e. The molecule has 0 bridgehead atoms. The van der Waals surface area contributed by atoms with E-state index in [-0.39, 0.29) is 36.4 Å². The maximum absolute atomic E-state index is 12.8. The zero-order valence-electron chi connectivity index (χ0n) is 16.6. The van der Waals surface area contributed by atoms with Crippen molar-refractivity contribution in [3.05, 3.63) is 70.8 Å². The predicted octanol–water partition coefficient (Wildman–Crippen LogP) is 2.76. The fraction of sp³-hybridized carbons (Fsp3) is 0.348. The maximum Gasteiger partial charge on any atom is 0.261 e. The molecule has 0 aromatic heterocycles. The van der Waals surface area contributed by atoms with Crippen LogP contribution in [0.1, 0.15) is 56.4 Å². The molecular weight excluding hydrogens is 368 g/mol. The van der Waals surface area contributed by atoms with Crippen LogP contribution in [0.25, 0.3) is 0 Å². The summed E-state index contributed by atoms with van der Waals surface area (Å²) in [5.74, 6) is -0.922. The molecule has 0 saturated carbocycles. The van der Waals surface area contributed by atoms with E-state index in [9.17, 15) is 19.5 Å². The fourth-order valence-corrected chi connectivity index (χ4v) is 3.48. The van der Waals surface area contributed by atoms with Crippen LogP contribution in [0.2, 0.25) is 0 Å². The summed E-state index contributed by atoms with van der Waals surface area (Å²) in [5, 5.41) is 9.25. The zero-order valence-corrected chi connectivity index (χ0v) is 16.6. The number of imide groups is 1. The van der Waals surface area contributed by atoms with Crippen LogP contribution in [0.5, 0.6) is 0 Å². The first-order valence-electron chi connectivity index (χ1n) is 10.0. The van der Waals surface area contributed by atoms with Crippen molar-refractivity contribution in [2.24, 2.45) is 0 Å². The van der Waals surface area contributed by atoms with Gasteiger partial charge >= 0.3 is 0 Å². The lowest BCUT2D eigenvalue weighted by molar-refractivity contribution is 0.0655. The van der Waals surface area contributed by atoms with Gasteiger partial charge in [0, 0.05) is 25.2 Å². The number of carbonyl (C=O) groups is 3. The molecule has 0 saturated heterocycles. The summed E-state index contributed by atoms with van der Waals surface area (Å²) in [5.41, 5.74) is 2.02. The SMILES string of the molecule is CCCCN(CCO)C(=O)c1ccc2c(c1)C(=O)N(CCc1ccccc1)C2=O. The third kappa shape index (κ3) is 4.54. The van der Waals surface area contributed by atoms with E-state index in [0.29, 0.717) is 30.6 Å². The Morgan fingerprint density at radius 2 is 1.72 bits per heavy atom. The topological polar surface area (TPSA) is 77.9 Å².